The highest BCUT2D eigenvalue weighted by Crippen LogP contribution is 2.29. The maximum Gasteiger partial charge on any atom is 0.343 e. The highest BCUT2D eigenvalue weighted by molar-refractivity contribution is 7.22. The summed E-state index contributed by atoms with van der Waals surface area (Å²) in [7, 11) is 0. The number of hydrogen-bond acceptors (Lipinski definition) is 13. The van der Waals surface area contributed by atoms with E-state index in [1.54, 1.807) is 54.7 Å². The van der Waals surface area contributed by atoms with Gasteiger partial charge in [-0.1, -0.05) is 48.8 Å². The molecule has 1 aromatic heterocycles. The van der Waals surface area contributed by atoms with Crippen molar-refractivity contribution in [2.75, 3.05) is 31.7 Å². The lowest BCUT2D eigenvalue weighted by molar-refractivity contribution is -0.217. The van der Waals surface area contributed by atoms with E-state index in [4.69, 9.17) is 33.5 Å². The predicted molar refractivity (Wildman–Crippen MR) is 232 cm³/mol. The summed E-state index contributed by atoms with van der Waals surface area (Å²) in [6.45, 7) is 8.85. The number of nitrogens with one attached hydrogen (secondary N) is 1. The van der Waals surface area contributed by atoms with Crippen LogP contribution < -0.4 is 24.4 Å². The first kappa shape index (κ1) is 44.7. The summed E-state index contributed by atoms with van der Waals surface area (Å²) in [4.78, 5) is 51.4. The molecule has 0 radical (unpaired) electrons. The third-order valence-electron chi connectivity index (χ3n) is 8.78. The average molecular weight is 835 g/mol. The molecule has 0 spiro atoms. The smallest absolute Gasteiger partial charge is 0.343 e. The molecule has 0 saturated carbocycles. The number of benzene rings is 4. The Kier molecular flexibility index (Phi) is 18.7. The Hall–Kier alpha value is -6.44. The molecule has 0 aliphatic rings. The van der Waals surface area contributed by atoms with Gasteiger partial charge in [0.15, 0.2) is 10.9 Å². The SMILES string of the molecule is C=CC(=O)OCCCCCCOc1ccc(COOc2ccc(OC(=O)c3ccc(OCCCCCCOC(=O)C=C)cc3)cc2/C=C/Nc2nc3ccccc3s2)cc1. The van der Waals surface area contributed by atoms with Crippen LogP contribution in [0.4, 0.5) is 5.13 Å². The molecule has 0 amide bonds. The number of rotatable bonds is 27. The third-order valence-corrected chi connectivity index (χ3v) is 9.75. The largest absolute Gasteiger partial charge is 0.494 e. The number of carbonyl (C=O) groups is 3. The van der Waals surface area contributed by atoms with E-state index < -0.39 is 17.9 Å². The number of aromatic nitrogens is 1. The van der Waals surface area contributed by atoms with E-state index >= 15 is 0 Å². The van der Waals surface area contributed by atoms with Crippen LogP contribution in [-0.4, -0.2) is 49.3 Å². The summed E-state index contributed by atoms with van der Waals surface area (Å²) in [5.41, 5.74) is 2.75. The molecule has 0 aliphatic heterocycles. The van der Waals surface area contributed by atoms with Crippen LogP contribution in [0.25, 0.3) is 16.3 Å². The topological polar surface area (TPSA) is 141 Å². The van der Waals surface area contributed by atoms with E-state index in [-0.39, 0.29) is 6.61 Å². The van der Waals surface area contributed by atoms with Crippen molar-refractivity contribution in [1.29, 1.82) is 0 Å². The molecule has 60 heavy (non-hydrogen) atoms. The molecule has 0 saturated heterocycles. The second-order valence-electron chi connectivity index (χ2n) is 13.3. The van der Waals surface area contributed by atoms with Crippen molar-refractivity contribution in [1.82, 2.24) is 4.98 Å². The quantitative estimate of drug-likeness (QED) is 0.0134. The predicted octanol–water partition coefficient (Wildman–Crippen LogP) is 10.4. The van der Waals surface area contributed by atoms with Gasteiger partial charge < -0.3 is 33.9 Å². The maximum absolute atomic E-state index is 13.1. The second kappa shape index (κ2) is 25.1. The van der Waals surface area contributed by atoms with Crippen molar-refractivity contribution in [3.63, 3.8) is 0 Å². The number of fused-ring (bicyclic) bond motifs is 1. The zero-order valence-electron chi connectivity index (χ0n) is 33.5. The minimum absolute atomic E-state index is 0.176. The van der Waals surface area contributed by atoms with Crippen LogP contribution in [0.1, 0.15) is 72.9 Å². The summed E-state index contributed by atoms with van der Waals surface area (Å²) in [6, 6.07) is 27.3. The van der Waals surface area contributed by atoms with E-state index in [2.05, 4.69) is 23.5 Å². The summed E-state index contributed by atoms with van der Waals surface area (Å²) in [5.74, 6) is 0.807. The summed E-state index contributed by atoms with van der Waals surface area (Å²) in [5, 5.41) is 3.94. The van der Waals surface area contributed by atoms with Crippen molar-refractivity contribution in [2.24, 2.45) is 0 Å². The minimum atomic E-state index is -0.526. The average Bonchev–Trinajstić information content (AvgIpc) is 3.69. The van der Waals surface area contributed by atoms with E-state index in [1.165, 1.54) is 17.4 Å². The van der Waals surface area contributed by atoms with Gasteiger partial charge in [0, 0.05) is 23.9 Å². The molecule has 1 heterocycles. The van der Waals surface area contributed by atoms with Crippen LogP contribution in [-0.2, 0) is 30.6 Å². The van der Waals surface area contributed by atoms with Gasteiger partial charge in [0.1, 0.15) is 23.9 Å². The first-order chi connectivity index (χ1) is 29.4. The Morgan fingerprint density at radius 1 is 0.667 bits per heavy atom. The summed E-state index contributed by atoms with van der Waals surface area (Å²) < 4.78 is 28.5. The Morgan fingerprint density at radius 2 is 1.25 bits per heavy atom. The van der Waals surface area contributed by atoms with Crippen LogP contribution in [0, 0.1) is 0 Å². The molecule has 4 aromatic carbocycles. The molecular formula is C47H50N2O10S. The number of nitrogens with zero attached hydrogens (tertiary/aromatic N) is 1. The van der Waals surface area contributed by atoms with Gasteiger partial charge in [0.25, 0.3) is 0 Å². The standard InChI is InChI=1S/C47H50N2O10S/c1-3-44(50)55-31-13-7-5-11-29-53-38-21-17-35(18-22-38)34-57-59-42-26-25-40(33-37(42)27-28-48-47-49-41-15-9-10-16-43(41)60-47)58-46(52)36-19-23-39(24-20-36)54-30-12-6-8-14-32-56-45(51)4-2/h3-4,9-10,15-28,33H,1-2,5-8,11-14,29-32,34H2,(H,48,49)/b28-27+. The third kappa shape index (κ3) is 15.7. The number of anilines is 1. The summed E-state index contributed by atoms with van der Waals surface area (Å²) in [6.07, 6.45) is 13.0. The Balaban J connectivity index is 1.11. The van der Waals surface area contributed by atoms with Gasteiger partial charge in [-0.25, -0.2) is 19.4 Å². The Labute approximate surface area is 354 Å². The van der Waals surface area contributed by atoms with Crippen LogP contribution >= 0.6 is 11.3 Å². The molecule has 1 N–H and O–H groups in total. The van der Waals surface area contributed by atoms with Crippen molar-refractivity contribution in [2.45, 2.75) is 58.0 Å². The highest BCUT2D eigenvalue weighted by atomic mass is 32.1. The van der Waals surface area contributed by atoms with Crippen molar-refractivity contribution in [3.8, 4) is 23.0 Å². The minimum Gasteiger partial charge on any atom is -0.494 e. The number of hydrogen-bond donors (Lipinski definition) is 1. The van der Waals surface area contributed by atoms with E-state index in [0.29, 0.717) is 54.8 Å². The lowest BCUT2D eigenvalue weighted by Gasteiger charge is -2.11. The van der Waals surface area contributed by atoms with Gasteiger partial charge in [0.05, 0.1) is 42.2 Å². The maximum atomic E-state index is 13.1. The van der Waals surface area contributed by atoms with Gasteiger partial charge in [-0.05, 0) is 130 Å². The van der Waals surface area contributed by atoms with Crippen molar-refractivity contribution in [3.05, 3.63) is 139 Å². The molecule has 0 fully saturated rings. The molecule has 5 aromatic rings. The van der Waals surface area contributed by atoms with Gasteiger partial charge in [-0.3, -0.25) is 0 Å². The van der Waals surface area contributed by atoms with Crippen LogP contribution in [0.5, 0.6) is 23.0 Å². The fraction of sp³-hybridized carbons (Fsp3) is 0.277. The summed E-state index contributed by atoms with van der Waals surface area (Å²) >= 11 is 1.53. The van der Waals surface area contributed by atoms with Crippen molar-refractivity contribution >= 4 is 50.7 Å². The van der Waals surface area contributed by atoms with Gasteiger partial charge in [0.2, 0.25) is 0 Å². The normalized spacial score (nSPS) is 10.9. The molecule has 0 bridgehead atoms. The number of carbonyl (C=O) groups excluding carboxylic acids is 3. The van der Waals surface area contributed by atoms with Crippen LogP contribution in [0.3, 0.4) is 0 Å². The zero-order valence-corrected chi connectivity index (χ0v) is 34.3. The first-order valence-corrected chi connectivity index (χ1v) is 20.7. The van der Waals surface area contributed by atoms with Gasteiger partial charge in [-0.2, -0.15) is 4.89 Å². The number of esters is 3. The van der Waals surface area contributed by atoms with Crippen LogP contribution in [0.2, 0.25) is 0 Å². The van der Waals surface area contributed by atoms with Crippen molar-refractivity contribution < 1.29 is 47.8 Å². The highest BCUT2D eigenvalue weighted by Gasteiger charge is 2.13. The molecular weight excluding hydrogens is 785 g/mol. The number of thiazole rings is 1. The number of ether oxygens (including phenoxy) is 5. The Bertz CT molecular complexity index is 2130. The second-order valence-corrected chi connectivity index (χ2v) is 14.4. The van der Waals surface area contributed by atoms with E-state index in [0.717, 1.165) is 84.1 Å². The molecule has 12 nitrogen and oxygen atoms in total. The van der Waals surface area contributed by atoms with Crippen LogP contribution in [0.15, 0.2) is 123 Å². The first-order valence-electron chi connectivity index (χ1n) is 19.9. The van der Waals surface area contributed by atoms with E-state index in [9.17, 15) is 14.4 Å². The van der Waals surface area contributed by atoms with Gasteiger partial charge in [-0.15, -0.1) is 0 Å². The molecule has 0 unspecified atom stereocenters. The lowest BCUT2D eigenvalue weighted by atomic mass is 10.2. The number of unbranched alkanes of at least 4 members (excludes halogenated alkanes) is 6. The van der Waals surface area contributed by atoms with Gasteiger partial charge >= 0.3 is 17.9 Å². The van der Waals surface area contributed by atoms with E-state index in [1.807, 2.05) is 48.5 Å². The number of para-hydroxylation sites is 1. The fourth-order valence-corrected chi connectivity index (χ4v) is 6.43. The molecule has 0 aliphatic carbocycles. The lowest BCUT2D eigenvalue weighted by Crippen LogP contribution is -2.09. The molecule has 5 rings (SSSR count). The zero-order chi connectivity index (χ0) is 42.2. The monoisotopic (exact) mass is 834 g/mol. The molecule has 314 valence electrons. The fourth-order valence-electron chi connectivity index (χ4n) is 5.59. The Morgan fingerprint density at radius 3 is 1.87 bits per heavy atom. The molecule has 13 heteroatoms. The molecule has 0 atom stereocenters.